The molecule has 2 aromatic carbocycles. The number of anilines is 1. The number of rotatable bonds is 3. The fourth-order valence-electron chi connectivity index (χ4n) is 1.43. The van der Waals surface area contributed by atoms with Gasteiger partial charge >= 0.3 is 0 Å². The minimum absolute atomic E-state index is 0.393. The number of benzene rings is 2. The van der Waals surface area contributed by atoms with E-state index in [2.05, 4.69) is 0 Å². The highest BCUT2D eigenvalue weighted by Gasteiger charge is 2.06. The molecule has 0 heterocycles. The van der Waals surface area contributed by atoms with E-state index < -0.39 is 11.6 Å². The Bertz CT molecular complexity index is 523. The molecule has 2 aromatic rings. The number of hydrogen-bond acceptors (Lipinski definition) is 2. The summed E-state index contributed by atoms with van der Waals surface area (Å²) in [6.07, 6.45) is 0. The monoisotopic (exact) mass is 285 g/mol. The number of nitrogens with two attached hydrogens (primary N) is 1. The van der Waals surface area contributed by atoms with Gasteiger partial charge in [-0.1, -0.05) is 17.7 Å². The molecule has 5 heteroatoms. The van der Waals surface area contributed by atoms with Gasteiger partial charge in [-0.2, -0.15) is 0 Å². The Labute approximate surface area is 113 Å². The average molecular weight is 286 g/mol. The van der Waals surface area contributed by atoms with Crippen LogP contribution in [-0.4, -0.2) is 0 Å². The molecule has 0 bridgehead atoms. The van der Waals surface area contributed by atoms with E-state index in [1.807, 2.05) is 0 Å². The summed E-state index contributed by atoms with van der Waals surface area (Å²) in [5.74, 6) is -0.643. The third-order valence-corrected chi connectivity index (χ3v) is 3.80. The van der Waals surface area contributed by atoms with E-state index in [4.69, 9.17) is 17.3 Å². The van der Waals surface area contributed by atoms with Gasteiger partial charge in [-0.05, 0) is 29.8 Å². The van der Waals surface area contributed by atoms with Crippen LogP contribution in [0.15, 0.2) is 41.3 Å². The Morgan fingerprint density at radius 3 is 2.56 bits per heavy atom. The van der Waals surface area contributed by atoms with Gasteiger partial charge in [0.1, 0.15) is 11.6 Å². The molecular formula is C13H10ClF2NS. The molecule has 18 heavy (non-hydrogen) atoms. The summed E-state index contributed by atoms with van der Waals surface area (Å²) in [5.41, 5.74) is 7.03. The SMILES string of the molecule is Nc1ccc(CSc2ccc(F)cc2F)c(Cl)c1. The lowest BCUT2D eigenvalue weighted by Crippen LogP contribution is -1.89. The van der Waals surface area contributed by atoms with Gasteiger partial charge in [0, 0.05) is 27.4 Å². The zero-order valence-electron chi connectivity index (χ0n) is 9.29. The maximum atomic E-state index is 13.4. The smallest absolute Gasteiger partial charge is 0.139 e. The minimum Gasteiger partial charge on any atom is -0.399 e. The van der Waals surface area contributed by atoms with Gasteiger partial charge in [-0.3, -0.25) is 0 Å². The molecule has 0 aromatic heterocycles. The number of thioether (sulfide) groups is 1. The third-order valence-electron chi connectivity index (χ3n) is 2.35. The fraction of sp³-hybridized carbons (Fsp3) is 0.0769. The molecule has 94 valence electrons. The van der Waals surface area contributed by atoms with Crippen molar-refractivity contribution in [2.45, 2.75) is 10.6 Å². The molecule has 0 saturated heterocycles. The molecule has 2 rings (SSSR count). The van der Waals surface area contributed by atoms with Crippen molar-refractivity contribution in [1.82, 2.24) is 0 Å². The van der Waals surface area contributed by atoms with E-state index in [1.165, 1.54) is 23.9 Å². The molecule has 0 amide bonds. The van der Waals surface area contributed by atoms with Crippen LogP contribution in [0.3, 0.4) is 0 Å². The molecule has 2 N–H and O–H groups in total. The van der Waals surface area contributed by atoms with Gasteiger partial charge in [0.15, 0.2) is 0 Å². The number of halogens is 3. The van der Waals surface area contributed by atoms with E-state index in [-0.39, 0.29) is 0 Å². The maximum absolute atomic E-state index is 13.4. The molecule has 0 aliphatic carbocycles. The lowest BCUT2D eigenvalue weighted by Gasteiger charge is -2.06. The average Bonchev–Trinajstić information content (AvgIpc) is 2.30. The second kappa shape index (κ2) is 5.59. The van der Waals surface area contributed by atoms with Gasteiger partial charge < -0.3 is 5.73 Å². The Morgan fingerprint density at radius 2 is 1.89 bits per heavy atom. The first-order valence-electron chi connectivity index (χ1n) is 5.18. The Balaban J connectivity index is 2.11. The van der Waals surface area contributed by atoms with Crippen LogP contribution in [0, 0.1) is 11.6 Å². The lowest BCUT2D eigenvalue weighted by molar-refractivity contribution is 0.565. The highest BCUT2D eigenvalue weighted by Crippen LogP contribution is 2.29. The van der Waals surface area contributed by atoms with Crippen LogP contribution in [0.2, 0.25) is 5.02 Å². The summed E-state index contributed by atoms with van der Waals surface area (Å²) < 4.78 is 26.1. The molecule has 0 saturated carbocycles. The molecule has 0 atom stereocenters. The van der Waals surface area contributed by atoms with E-state index in [0.29, 0.717) is 21.4 Å². The Morgan fingerprint density at radius 1 is 1.11 bits per heavy atom. The van der Waals surface area contributed by atoms with Crippen molar-refractivity contribution in [2.24, 2.45) is 0 Å². The molecule has 0 radical (unpaired) electrons. The Kier molecular flexibility index (Phi) is 4.09. The van der Waals surface area contributed by atoms with Gasteiger partial charge in [0.25, 0.3) is 0 Å². The van der Waals surface area contributed by atoms with Crippen molar-refractivity contribution < 1.29 is 8.78 Å². The lowest BCUT2D eigenvalue weighted by atomic mass is 10.2. The van der Waals surface area contributed by atoms with Crippen molar-refractivity contribution in [3.05, 3.63) is 58.6 Å². The van der Waals surface area contributed by atoms with Gasteiger partial charge in [-0.25, -0.2) is 8.78 Å². The summed E-state index contributed by atoms with van der Waals surface area (Å²) in [6, 6.07) is 8.71. The maximum Gasteiger partial charge on any atom is 0.139 e. The summed E-state index contributed by atoms with van der Waals surface area (Å²) >= 11 is 7.28. The molecular weight excluding hydrogens is 276 g/mol. The predicted molar refractivity (Wildman–Crippen MR) is 71.8 cm³/mol. The normalized spacial score (nSPS) is 10.6. The first-order chi connectivity index (χ1) is 8.56. The largest absolute Gasteiger partial charge is 0.399 e. The highest BCUT2D eigenvalue weighted by atomic mass is 35.5. The number of nitrogen functional groups attached to an aromatic ring is 1. The van der Waals surface area contributed by atoms with Crippen molar-refractivity contribution >= 4 is 29.1 Å². The number of hydrogen-bond donors (Lipinski definition) is 1. The zero-order chi connectivity index (χ0) is 13.1. The van der Waals surface area contributed by atoms with Crippen LogP contribution >= 0.6 is 23.4 Å². The van der Waals surface area contributed by atoms with Gasteiger partial charge in [-0.15, -0.1) is 11.8 Å². The summed E-state index contributed by atoms with van der Waals surface area (Å²) in [4.78, 5) is 0.393. The van der Waals surface area contributed by atoms with E-state index in [1.54, 1.807) is 18.2 Å². The highest BCUT2D eigenvalue weighted by molar-refractivity contribution is 7.98. The standard InChI is InChI=1S/C13H10ClF2NS/c14-11-6-10(17)3-1-8(11)7-18-13-4-2-9(15)5-12(13)16/h1-6H,7,17H2. The van der Waals surface area contributed by atoms with Crippen LogP contribution in [0.25, 0.3) is 0 Å². The predicted octanol–water partition coefficient (Wildman–Crippen LogP) is 4.49. The van der Waals surface area contributed by atoms with Crippen LogP contribution in [-0.2, 0) is 5.75 Å². The fourth-order valence-corrected chi connectivity index (χ4v) is 2.69. The van der Waals surface area contributed by atoms with Crippen molar-refractivity contribution in [3.63, 3.8) is 0 Å². The van der Waals surface area contributed by atoms with Gasteiger partial charge in [0.2, 0.25) is 0 Å². The molecule has 1 nitrogen and oxygen atoms in total. The van der Waals surface area contributed by atoms with E-state index >= 15 is 0 Å². The molecule has 0 unspecified atom stereocenters. The minimum atomic E-state index is -0.581. The molecule has 0 aliphatic rings. The topological polar surface area (TPSA) is 26.0 Å². The first-order valence-corrected chi connectivity index (χ1v) is 6.54. The van der Waals surface area contributed by atoms with Crippen LogP contribution < -0.4 is 5.73 Å². The first kappa shape index (κ1) is 13.2. The van der Waals surface area contributed by atoms with Crippen molar-refractivity contribution in [3.8, 4) is 0 Å². The molecule has 0 spiro atoms. The second-order valence-electron chi connectivity index (χ2n) is 3.71. The van der Waals surface area contributed by atoms with E-state index in [9.17, 15) is 8.78 Å². The van der Waals surface area contributed by atoms with Gasteiger partial charge in [0.05, 0.1) is 0 Å². The van der Waals surface area contributed by atoms with Crippen LogP contribution in [0.1, 0.15) is 5.56 Å². The van der Waals surface area contributed by atoms with Crippen molar-refractivity contribution in [2.75, 3.05) is 5.73 Å². The van der Waals surface area contributed by atoms with Crippen LogP contribution in [0.5, 0.6) is 0 Å². The molecule has 0 fully saturated rings. The zero-order valence-corrected chi connectivity index (χ0v) is 10.9. The van der Waals surface area contributed by atoms with Crippen LogP contribution in [0.4, 0.5) is 14.5 Å². The summed E-state index contributed by atoms with van der Waals surface area (Å²) in [5, 5.41) is 0.546. The quantitative estimate of drug-likeness (QED) is 0.664. The van der Waals surface area contributed by atoms with E-state index in [0.717, 1.165) is 11.6 Å². The van der Waals surface area contributed by atoms with Crippen molar-refractivity contribution in [1.29, 1.82) is 0 Å². The molecule has 0 aliphatic heterocycles. The second-order valence-corrected chi connectivity index (χ2v) is 5.14. The summed E-state index contributed by atoms with van der Waals surface area (Å²) in [6.45, 7) is 0. The Hall–Kier alpha value is -1.26. The third kappa shape index (κ3) is 3.15. The summed E-state index contributed by atoms with van der Waals surface area (Å²) in [7, 11) is 0.